The van der Waals surface area contributed by atoms with Crippen molar-refractivity contribution in [3.8, 4) is 6.07 Å². The third-order valence-corrected chi connectivity index (χ3v) is 3.91. The van der Waals surface area contributed by atoms with Crippen LogP contribution >= 0.6 is 11.3 Å². The van der Waals surface area contributed by atoms with E-state index >= 15 is 0 Å². The van der Waals surface area contributed by atoms with E-state index in [1.165, 1.54) is 11.3 Å². The molecule has 1 N–H and O–H groups in total. The Labute approximate surface area is 120 Å². The van der Waals surface area contributed by atoms with Gasteiger partial charge in [-0.25, -0.2) is 0 Å². The number of nitriles is 1. The second-order valence-electron chi connectivity index (χ2n) is 4.48. The predicted octanol–water partition coefficient (Wildman–Crippen LogP) is 3.76. The molecule has 5 nitrogen and oxygen atoms in total. The first kappa shape index (κ1) is 14.0. The molecule has 0 aliphatic rings. The van der Waals surface area contributed by atoms with Crippen LogP contribution < -0.4 is 5.32 Å². The summed E-state index contributed by atoms with van der Waals surface area (Å²) >= 11 is 1.52. The molecular formula is C14H13N3O2S. The van der Waals surface area contributed by atoms with Crippen molar-refractivity contribution in [3.05, 3.63) is 55.3 Å². The minimum atomic E-state index is -0.370. The highest BCUT2D eigenvalue weighted by molar-refractivity contribution is 7.10. The van der Waals surface area contributed by atoms with Gasteiger partial charge in [0.1, 0.15) is 6.07 Å². The Bertz CT molecular complexity index is 701. The van der Waals surface area contributed by atoms with Gasteiger partial charge in [-0.2, -0.15) is 5.26 Å². The average molecular weight is 287 g/mol. The molecule has 6 heteroatoms. The molecular weight excluding hydrogens is 274 g/mol. The normalized spacial score (nSPS) is 10.1. The molecule has 102 valence electrons. The molecule has 0 unspecified atom stereocenters. The fourth-order valence-corrected chi connectivity index (χ4v) is 2.65. The van der Waals surface area contributed by atoms with Crippen LogP contribution in [-0.4, -0.2) is 4.92 Å². The fraction of sp³-hybridized carbons (Fsp3) is 0.214. The van der Waals surface area contributed by atoms with E-state index in [1.54, 1.807) is 19.1 Å². The summed E-state index contributed by atoms with van der Waals surface area (Å²) in [6.45, 7) is 4.16. The Morgan fingerprint density at radius 2 is 2.10 bits per heavy atom. The van der Waals surface area contributed by atoms with Crippen LogP contribution in [0.5, 0.6) is 0 Å². The van der Waals surface area contributed by atoms with Crippen LogP contribution in [-0.2, 0) is 6.54 Å². The third kappa shape index (κ3) is 2.95. The maximum Gasteiger partial charge on any atom is 0.272 e. The van der Waals surface area contributed by atoms with Gasteiger partial charge in [0.25, 0.3) is 5.69 Å². The van der Waals surface area contributed by atoms with Gasteiger partial charge in [0.2, 0.25) is 0 Å². The number of rotatable bonds is 4. The van der Waals surface area contributed by atoms with Crippen molar-refractivity contribution >= 4 is 22.7 Å². The quantitative estimate of drug-likeness (QED) is 0.686. The lowest BCUT2D eigenvalue weighted by Gasteiger charge is -2.10. The summed E-state index contributed by atoms with van der Waals surface area (Å²) in [5.41, 5.74) is 3.13. The molecule has 2 aromatic rings. The Kier molecular flexibility index (Phi) is 4.01. The van der Waals surface area contributed by atoms with E-state index in [1.807, 2.05) is 18.4 Å². The van der Waals surface area contributed by atoms with Gasteiger partial charge in [0, 0.05) is 34.1 Å². The first-order chi connectivity index (χ1) is 9.51. The first-order valence-electron chi connectivity index (χ1n) is 5.98. The molecule has 20 heavy (non-hydrogen) atoms. The number of anilines is 1. The predicted molar refractivity (Wildman–Crippen MR) is 78.9 cm³/mol. The van der Waals surface area contributed by atoms with E-state index in [4.69, 9.17) is 5.26 Å². The molecule has 1 aromatic carbocycles. The van der Waals surface area contributed by atoms with Crippen molar-refractivity contribution < 1.29 is 4.92 Å². The van der Waals surface area contributed by atoms with Crippen LogP contribution in [0.4, 0.5) is 11.4 Å². The van der Waals surface area contributed by atoms with E-state index in [-0.39, 0.29) is 10.6 Å². The lowest BCUT2D eigenvalue weighted by atomic mass is 10.1. The highest BCUT2D eigenvalue weighted by atomic mass is 32.1. The topological polar surface area (TPSA) is 79.0 Å². The third-order valence-electron chi connectivity index (χ3n) is 2.98. The number of nitrogens with zero attached hydrogens (tertiary/aromatic N) is 2. The lowest BCUT2D eigenvalue weighted by Crippen LogP contribution is -2.01. The summed E-state index contributed by atoms with van der Waals surface area (Å²) < 4.78 is 0. The van der Waals surface area contributed by atoms with Gasteiger partial charge >= 0.3 is 0 Å². The number of benzene rings is 1. The molecule has 2 rings (SSSR count). The van der Waals surface area contributed by atoms with Gasteiger partial charge < -0.3 is 5.32 Å². The molecule has 1 aromatic heterocycles. The smallest absolute Gasteiger partial charge is 0.272 e. The molecule has 0 radical (unpaired) electrons. The first-order valence-corrected chi connectivity index (χ1v) is 6.86. The zero-order chi connectivity index (χ0) is 14.7. The standard InChI is InChI=1S/C14H13N3O2S/c1-9-4-14(17(18)19)10(2)3-13(9)16-7-12-5-11(6-15)8-20-12/h3-5,8,16H,7H2,1-2H3. The van der Waals surface area contributed by atoms with Crippen LogP contribution in [0.25, 0.3) is 0 Å². The zero-order valence-electron chi connectivity index (χ0n) is 11.1. The van der Waals surface area contributed by atoms with E-state index in [2.05, 4.69) is 11.4 Å². The summed E-state index contributed by atoms with van der Waals surface area (Å²) in [7, 11) is 0. The van der Waals surface area contributed by atoms with E-state index in [0.717, 1.165) is 16.1 Å². The fourth-order valence-electron chi connectivity index (χ4n) is 1.90. The number of nitro benzene ring substituents is 1. The number of thiophene rings is 1. The van der Waals surface area contributed by atoms with Gasteiger partial charge in [-0.1, -0.05) is 0 Å². The monoisotopic (exact) mass is 287 g/mol. The number of nitro groups is 1. The Morgan fingerprint density at radius 3 is 2.70 bits per heavy atom. The second kappa shape index (κ2) is 5.72. The molecule has 0 saturated heterocycles. The van der Waals surface area contributed by atoms with Crippen molar-refractivity contribution in [1.29, 1.82) is 5.26 Å². The number of hydrogen-bond acceptors (Lipinski definition) is 5. The van der Waals surface area contributed by atoms with Crippen LogP contribution in [0.3, 0.4) is 0 Å². The molecule has 0 aliphatic heterocycles. The highest BCUT2D eigenvalue weighted by Gasteiger charge is 2.13. The van der Waals surface area contributed by atoms with Crippen molar-refractivity contribution in [2.45, 2.75) is 20.4 Å². The largest absolute Gasteiger partial charge is 0.380 e. The summed E-state index contributed by atoms with van der Waals surface area (Å²) in [5, 5.41) is 24.7. The van der Waals surface area contributed by atoms with E-state index in [9.17, 15) is 10.1 Å². The highest BCUT2D eigenvalue weighted by Crippen LogP contribution is 2.26. The molecule has 0 amide bonds. The van der Waals surface area contributed by atoms with Gasteiger partial charge in [-0.05, 0) is 31.5 Å². The number of aryl methyl sites for hydroxylation is 2. The summed E-state index contributed by atoms with van der Waals surface area (Å²) in [4.78, 5) is 11.5. The van der Waals surface area contributed by atoms with Crippen LogP contribution in [0.15, 0.2) is 23.6 Å². The van der Waals surface area contributed by atoms with Crippen LogP contribution in [0, 0.1) is 35.3 Å². The molecule has 0 saturated carbocycles. The summed E-state index contributed by atoms with van der Waals surface area (Å²) in [5.74, 6) is 0. The maximum absolute atomic E-state index is 10.9. The molecule has 0 bridgehead atoms. The minimum Gasteiger partial charge on any atom is -0.380 e. The molecule has 0 aliphatic carbocycles. The van der Waals surface area contributed by atoms with Crippen molar-refractivity contribution in [1.82, 2.24) is 0 Å². The average Bonchev–Trinajstić information content (AvgIpc) is 2.87. The second-order valence-corrected chi connectivity index (χ2v) is 5.47. The summed E-state index contributed by atoms with van der Waals surface area (Å²) in [6, 6.07) is 7.29. The summed E-state index contributed by atoms with van der Waals surface area (Å²) in [6.07, 6.45) is 0. The Hall–Kier alpha value is -2.39. The van der Waals surface area contributed by atoms with E-state index in [0.29, 0.717) is 17.7 Å². The Balaban J connectivity index is 2.16. The molecule has 0 atom stereocenters. The van der Waals surface area contributed by atoms with Gasteiger partial charge in [0.15, 0.2) is 0 Å². The van der Waals surface area contributed by atoms with Crippen LogP contribution in [0.1, 0.15) is 21.6 Å². The van der Waals surface area contributed by atoms with Gasteiger partial charge in [-0.3, -0.25) is 10.1 Å². The van der Waals surface area contributed by atoms with Gasteiger partial charge in [-0.15, -0.1) is 11.3 Å². The SMILES string of the molecule is Cc1cc([N+](=O)[O-])c(C)cc1NCc1cc(C#N)cs1. The maximum atomic E-state index is 10.9. The number of nitrogens with one attached hydrogen (secondary N) is 1. The molecule has 0 fully saturated rings. The van der Waals surface area contributed by atoms with Gasteiger partial charge in [0.05, 0.1) is 10.5 Å². The zero-order valence-corrected chi connectivity index (χ0v) is 12.0. The van der Waals surface area contributed by atoms with Crippen molar-refractivity contribution in [3.63, 3.8) is 0 Å². The molecule has 1 heterocycles. The van der Waals surface area contributed by atoms with Crippen molar-refractivity contribution in [2.75, 3.05) is 5.32 Å². The Morgan fingerprint density at radius 1 is 1.35 bits per heavy atom. The van der Waals surface area contributed by atoms with E-state index < -0.39 is 0 Å². The van der Waals surface area contributed by atoms with Crippen LogP contribution in [0.2, 0.25) is 0 Å². The minimum absolute atomic E-state index is 0.135. The van der Waals surface area contributed by atoms with Crippen molar-refractivity contribution in [2.24, 2.45) is 0 Å². The lowest BCUT2D eigenvalue weighted by molar-refractivity contribution is -0.385. The molecule has 0 spiro atoms. The number of hydrogen-bond donors (Lipinski definition) is 1.